The van der Waals surface area contributed by atoms with E-state index in [1.165, 1.54) is 18.2 Å². The molecular formula is C13H17FN2O2. The predicted octanol–water partition coefficient (Wildman–Crippen LogP) is 0.934. The van der Waals surface area contributed by atoms with E-state index in [2.05, 4.69) is 10.6 Å². The van der Waals surface area contributed by atoms with Crippen LogP contribution >= 0.6 is 0 Å². The number of carbonyl (C=O) groups is 1. The lowest BCUT2D eigenvalue weighted by Crippen LogP contribution is -2.40. The lowest BCUT2D eigenvalue weighted by atomic mass is 10.2. The van der Waals surface area contributed by atoms with Gasteiger partial charge < -0.3 is 15.4 Å². The SMILES string of the molecule is O=C(NCCC1CNCCO1)c1cccc(F)c1. The Morgan fingerprint density at radius 2 is 2.44 bits per heavy atom. The molecule has 1 amide bonds. The summed E-state index contributed by atoms with van der Waals surface area (Å²) < 4.78 is 18.4. The molecule has 2 N–H and O–H groups in total. The zero-order valence-corrected chi connectivity index (χ0v) is 10.1. The van der Waals surface area contributed by atoms with E-state index in [1.54, 1.807) is 6.07 Å². The van der Waals surface area contributed by atoms with Gasteiger partial charge in [0, 0.05) is 25.2 Å². The van der Waals surface area contributed by atoms with Gasteiger partial charge in [0.1, 0.15) is 5.82 Å². The number of nitrogens with one attached hydrogen (secondary N) is 2. The predicted molar refractivity (Wildman–Crippen MR) is 66.0 cm³/mol. The summed E-state index contributed by atoms with van der Waals surface area (Å²) in [6.45, 7) is 2.94. The molecule has 0 saturated carbocycles. The lowest BCUT2D eigenvalue weighted by molar-refractivity contribution is 0.0239. The second-order valence-electron chi connectivity index (χ2n) is 4.25. The second-order valence-corrected chi connectivity index (χ2v) is 4.25. The molecule has 0 spiro atoms. The van der Waals surface area contributed by atoms with Crippen LogP contribution in [0.3, 0.4) is 0 Å². The van der Waals surface area contributed by atoms with Crippen molar-refractivity contribution in [3.05, 3.63) is 35.6 Å². The standard InChI is InChI=1S/C13H17FN2O2/c14-11-3-1-2-10(8-11)13(17)16-5-4-12-9-15-6-7-18-12/h1-3,8,12,15H,4-7,9H2,(H,16,17). The molecule has 1 heterocycles. The Bertz CT molecular complexity index is 406. The van der Waals surface area contributed by atoms with E-state index in [1.807, 2.05) is 0 Å². The molecule has 0 radical (unpaired) electrons. The van der Waals surface area contributed by atoms with Gasteiger partial charge >= 0.3 is 0 Å². The third-order valence-corrected chi connectivity index (χ3v) is 2.84. The van der Waals surface area contributed by atoms with Crippen molar-refractivity contribution in [1.29, 1.82) is 0 Å². The van der Waals surface area contributed by atoms with Crippen LogP contribution in [0.15, 0.2) is 24.3 Å². The third-order valence-electron chi connectivity index (χ3n) is 2.84. The minimum absolute atomic E-state index is 0.145. The maximum atomic E-state index is 12.9. The van der Waals surface area contributed by atoms with Gasteiger partial charge in [0.15, 0.2) is 0 Å². The zero-order valence-electron chi connectivity index (χ0n) is 10.1. The number of rotatable bonds is 4. The van der Waals surface area contributed by atoms with Crippen molar-refractivity contribution >= 4 is 5.91 Å². The van der Waals surface area contributed by atoms with Gasteiger partial charge in [-0.3, -0.25) is 4.79 Å². The molecule has 0 bridgehead atoms. The maximum absolute atomic E-state index is 12.9. The van der Waals surface area contributed by atoms with Gasteiger partial charge in [-0.2, -0.15) is 0 Å². The highest BCUT2D eigenvalue weighted by atomic mass is 19.1. The highest BCUT2D eigenvalue weighted by Crippen LogP contribution is 2.04. The third kappa shape index (κ3) is 3.78. The average Bonchev–Trinajstić information content (AvgIpc) is 2.40. The number of ether oxygens (including phenoxy) is 1. The van der Waals surface area contributed by atoms with E-state index < -0.39 is 5.82 Å². The van der Waals surface area contributed by atoms with E-state index in [0.29, 0.717) is 18.7 Å². The smallest absolute Gasteiger partial charge is 0.251 e. The Labute approximate surface area is 106 Å². The highest BCUT2D eigenvalue weighted by molar-refractivity contribution is 5.94. The van der Waals surface area contributed by atoms with E-state index >= 15 is 0 Å². The summed E-state index contributed by atoms with van der Waals surface area (Å²) in [6, 6.07) is 5.67. The molecule has 1 aromatic rings. The van der Waals surface area contributed by atoms with Crippen molar-refractivity contribution in [1.82, 2.24) is 10.6 Å². The Morgan fingerprint density at radius 1 is 1.56 bits per heavy atom. The van der Waals surface area contributed by atoms with Gasteiger partial charge in [-0.1, -0.05) is 6.07 Å². The van der Waals surface area contributed by atoms with Crippen LogP contribution < -0.4 is 10.6 Å². The van der Waals surface area contributed by atoms with Gasteiger partial charge in [0.2, 0.25) is 0 Å². The number of carbonyl (C=O) groups excluding carboxylic acids is 1. The Hall–Kier alpha value is -1.46. The molecular weight excluding hydrogens is 235 g/mol. The Kier molecular flexibility index (Phi) is 4.66. The number of morpholine rings is 1. The Morgan fingerprint density at radius 3 is 3.17 bits per heavy atom. The summed E-state index contributed by atoms with van der Waals surface area (Å²) in [6.07, 6.45) is 0.903. The first kappa shape index (κ1) is 13.0. The fourth-order valence-electron chi connectivity index (χ4n) is 1.88. The van der Waals surface area contributed by atoms with Gasteiger partial charge in [0.25, 0.3) is 5.91 Å². The maximum Gasteiger partial charge on any atom is 0.251 e. The van der Waals surface area contributed by atoms with Crippen LogP contribution in [0, 0.1) is 5.82 Å². The lowest BCUT2D eigenvalue weighted by Gasteiger charge is -2.23. The molecule has 1 aromatic carbocycles. The molecule has 1 atom stereocenters. The average molecular weight is 252 g/mol. The molecule has 1 aliphatic heterocycles. The number of amides is 1. The zero-order chi connectivity index (χ0) is 12.8. The molecule has 2 rings (SSSR count). The van der Waals surface area contributed by atoms with Crippen molar-refractivity contribution in [3.63, 3.8) is 0 Å². The largest absolute Gasteiger partial charge is 0.376 e. The normalized spacial score (nSPS) is 19.5. The first-order chi connectivity index (χ1) is 8.75. The van der Waals surface area contributed by atoms with E-state index in [-0.39, 0.29) is 12.0 Å². The number of halogens is 1. The van der Waals surface area contributed by atoms with Crippen LogP contribution in [0.2, 0.25) is 0 Å². The first-order valence-corrected chi connectivity index (χ1v) is 6.12. The summed E-state index contributed by atoms with van der Waals surface area (Å²) in [5.74, 6) is -0.652. The van der Waals surface area contributed by atoms with Gasteiger partial charge in [-0.05, 0) is 24.6 Å². The van der Waals surface area contributed by atoms with Gasteiger partial charge in [-0.25, -0.2) is 4.39 Å². The molecule has 4 nitrogen and oxygen atoms in total. The number of hydrogen-bond donors (Lipinski definition) is 2. The highest BCUT2D eigenvalue weighted by Gasteiger charge is 2.13. The molecule has 5 heteroatoms. The molecule has 1 fully saturated rings. The summed E-state index contributed by atoms with van der Waals surface area (Å²) in [7, 11) is 0. The van der Waals surface area contributed by atoms with Crippen molar-refractivity contribution in [2.75, 3.05) is 26.2 Å². The molecule has 0 aromatic heterocycles. The van der Waals surface area contributed by atoms with Crippen LogP contribution in [0.4, 0.5) is 4.39 Å². The number of benzene rings is 1. The topological polar surface area (TPSA) is 50.4 Å². The van der Waals surface area contributed by atoms with Crippen LogP contribution in [0.1, 0.15) is 16.8 Å². The summed E-state index contributed by atoms with van der Waals surface area (Å²) in [5.41, 5.74) is 0.345. The summed E-state index contributed by atoms with van der Waals surface area (Å²) in [4.78, 5) is 11.7. The molecule has 98 valence electrons. The first-order valence-electron chi connectivity index (χ1n) is 6.12. The van der Waals surface area contributed by atoms with E-state index in [4.69, 9.17) is 4.74 Å². The molecule has 0 aliphatic carbocycles. The molecule has 18 heavy (non-hydrogen) atoms. The fourth-order valence-corrected chi connectivity index (χ4v) is 1.88. The van der Waals surface area contributed by atoms with E-state index in [0.717, 1.165) is 19.5 Å². The van der Waals surface area contributed by atoms with E-state index in [9.17, 15) is 9.18 Å². The molecule has 1 aliphatic rings. The quantitative estimate of drug-likeness (QED) is 0.838. The summed E-state index contributed by atoms with van der Waals surface area (Å²) >= 11 is 0. The van der Waals surface area contributed by atoms with Crippen LogP contribution in [0.25, 0.3) is 0 Å². The van der Waals surface area contributed by atoms with Crippen molar-refractivity contribution < 1.29 is 13.9 Å². The van der Waals surface area contributed by atoms with Gasteiger partial charge in [-0.15, -0.1) is 0 Å². The van der Waals surface area contributed by atoms with Crippen LogP contribution in [-0.4, -0.2) is 38.3 Å². The minimum atomic E-state index is -0.400. The van der Waals surface area contributed by atoms with Crippen molar-refractivity contribution in [2.24, 2.45) is 0 Å². The second kappa shape index (κ2) is 6.47. The summed E-state index contributed by atoms with van der Waals surface area (Å²) in [5, 5.41) is 5.98. The van der Waals surface area contributed by atoms with Gasteiger partial charge in [0.05, 0.1) is 12.7 Å². The minimum Gasteiger partial charge on any atom is -0.376 e. The Balaban J connectivity index is 1.74. The van der Waals surface area contributed by atoms with Crippen LogP contribution in [0.5, 0.6) is 0 Å². The monoisotopic (exact) mass is 252 g/mol. The molecule has 1 saturated heterocycles. The van der Waals surface area contributed by atoms with Crippen molar-refractivity contribution in [2.45, 2.75) is 12.5 Å². The van der Waals surface area contributed by atoms with Crippen LogP contribution in [-0.2, 0) is 4.74 Å². The fraction of sp³-hybridized carbons (Fsp3) is 0.462. The molecule has 1 unspecified atom stereocenters. The van der Waals surface area contributed by atoms with Crippen molar-refractivity contribution in [3.8, 4) is 0 Å². The number of hydrogen-bond acceptors (Lipinski definition) is 3.